The highest BCUT2D eigenvalue weighted by atomic mass is 16.5. The standard InChI is InChI=1S/C11H13N3O2/c1-6(2)9-10(14-16-11(9)12)7-3-4-8(15)13-5-7/h3-6H,12H2,1-2H3,(H,13,15). The minimum absolute atomic E-state index is 0.147. The Bertz CT molecular complexity index is 534. The molecule has 84 valence electrons. The molecule has 16 heavy (non-hydrogen) atoms. The predicted octanol–water partition coefficient (Wildman–Crippen LogP) is 1.74. The Morgan fingerprint density at radius 3 is 2.75 bits per heavy atom. The van der Waals surface area contributed by atoms with Crippen molar-refractivity contribution in [2.45, 2.75) is 19.8 Å². The molecule has 0 saturated heterocycles. The van der Waals surface area contributed by atoms with E-state index >= 15 is 0 Å². The van der Waals surface area contributed by atoms with Crippen LogP contribution in [-0.4, -0.2) is 10.1 Å². The number of nitrogens with one attached hydrogen (secondary N) is 1. The van der Waals surface area contributed by atoms with Crippen LogP contribution in [-0.2, 0) is 0 Å². The van der Waals surface area contributed by atoms with Crippen LogP contribution in [0.3, 0.4) is 0 Å². The van der Waals surface area contributed by atoms with Gasteiger partial charge in [-0.1, -0.05) is 19.0 Å². The lowest BCUT2D eigenvalue weighted by Gasteiger charge is -2.04. The summed E-state index contributed by atoms with van der Waals surface area (Å²) >= 11 is 0. The third kappa shape index (κ3) is 1.71. The van der Waals surface area contributed by atoms with E-state index in [-0.39, 0.29) is 11.5 Å². The SMILES string of the molecule is CC(C)c1c(-c2ccc(=O)[nH]c2)noc1N. The van der Waals surface area contributed by atoms with Crippen molar-refractivity contribution in [1.82, 2.24) is 10.1 Å². The van der Waals surface area contributed by atoms with Gasteiger partial charge in [0.25, 0.3) is 0 Å². The molecule has 0 bridgehead atoms. The van der Waals surface area contributed by atoms with E-state index in [2.05, 4.69) is 10.1 Å². The summed E-state index contributed by atoms with van der Waals surface area (Å²) in [6, 6.07) is 3.15. The molecule has 0 aliphatic rings. The van der Waals surface area contributed by atoms with Gasteiger partial charge in [-0.05, 0) is 12.0 Å². The molecule has 2 aromatic heterocycles. The smallest absolute Gasteiger partial charge is 0.247 e. The molecular weight excluding hydrogens is 206 g/mol. The highest BCUT2D eigenvalue weighted by Gasteiger charge is 2.18. The Balaban J connectivity index is 2.56. The predicted molar refractivity (Wildman–Crippen MR) is 61.1 cm³/mol. The Labute approximate surface area is 92.3 Å². The number of hydrogen-bond donors (Lipinski definition) is 2. The molecule has 0 radical (unpaired) electrons. The zero-order chi connectivity index (χ0) is 11.7. The number of nitrogens with two attached hydrogens (primary N) is 1. The van der Waals surface area contributed by atoms with Crippen LogP contribution in [0.5, 0.6) is 0 Å². The summed E-state index contributed by atoms with van der Waals surface area (Å²) in [5, 5.41) is 3.91. The fraction of sp³-hybridized carbons (Fsp3) is 0.273. The third-order valence-electron chi connectivity index (χ3n) is 2.39. The highest BCUT2D eigenvalue weighted by molar-refractivity contribution is 5.66. The molecule has 0 unspecified atom stereocenters. The maximum atomic E-state index is 11.0. The zero-order valence-electron chi connectivity index (χ0n) is 9.15. The van der Waals surface area contributed by atoms with Gasteiger partial charge in [-0.25, -0.2) is 0 Å². The number of nitrogen functional groups attached to an aromatic ring is 1. The fourth-order valence-corrected chi connectivity index (χ4v) is 1.63. The molecule has 5 heteroatoms. The molecule has 0 aliphatic carbocycles. The topological polar surface area (TPSA) is 84.9 Å². The number of aromatic amines is 1. The molecule has 0 atom stereocenters. The Morgan fingerprint density at radius 1 is 1.44 bits per heavy atom. The summed E-state index contributed by atoms with van der Waals surface area (Å²) in [7, 11) is 0. The maximum Gasteiger partial charge on any atom is 0.247 e. The van der Waals surface area contributed by atoms with E-state index in [1.165, 1.54) is 6.07 Å². The second kappa shape index (κ2) is 3.84. The van der Waals surface area contributed by atoms with Gasteiger partial charge in [-0.2, -0.15) is 0 Å². The quantitative estimate of drug-likeness (QED) is 0.805. The first-order valence-corrected chi connectivity index (χ1v) is 5.03. The average Bonchev–Trinajstić information content (AvgIpc) is 2.61. The van der Waals surface area contributed by atoms with Crippen molar-refractivity contribution in [2.75, 3.05) is 5.73 Å². The summed E-state index contributed by atoms with van der Waals surface area (Å²) in [6.07, 6.45) is 1.60. The van der Waals surface area contributed by atoms with E-state index in [1.807, 2.05) is 13.8 Å². The van der Waals surface area contributed by atoms with E-state index in [1.54, 1.807) is 12.3 Å². The normalized spacial score (nSPS) is 10.9. The van der Waals surface area contributed by atoms with E-state index in [4.69, 9.17) is 10.3 Å². The Hall–Kier alpha value is -2.04. The number of H-pyrrole nitrogens is 1. The van der Waals surface area contributed by atoms with Crippen molar-refractivity contribution in [3.05, 3.63) is 34.2 Å². The second-order valence-corrected chi connectivity index (χ2v) is 3.91. The lowest BCUT2D eigenvalue weighted by atomic mass is 10.00. The number of rotatable bonds is 2. The van der Waals surface area contributed by atoms with Gasteiger partial charge in [-0.3, -0.25) is 4.79 Å². The highest BCUT2D eigenvalue weighted by Crippen LogP contribution is 2.31. The van der Waals surface area contributed by atoms with Gasteiger partial charge in [0, 0.05) is 23.4 Å². The molecular formula is C11H13N3O2. The van der Waals surface area contributed by atoms with Crippen molar-refractivity contribution in [2.24, 2.45) is 0 Å². The minimum Gasteiger partial charge on any atom is -0.367 e. The molecule has 3 N–H and O–H groups in total. The number of nitrogens with zero attached hydrogens (tertiary/aromatic N) is 1. The van der Waals surface area contributed by atoms with E-state index < -0.39 is 0 Å². The summed E-state index contributed by atoms with van der Waals surface area (Å²) < 4.78 is 4.98. The summed E-state index contributed by atoms with van der Waals surface area (Å²) in [5.41, 5.74) is 7.91. The molecule has 0 aliphatic heterocycles. The Kier molecular flexibility index (Phi) is 2.52. The number of pyridine rings is 1. The van der Waals surface area contributed by atoms with Crippen molar-refractivity contribution in [3.8, 4) is 11.3 Å². The summed E-state index contributed by atoms with van der Waals surface area (Å²) in [6.45, 7) is 4.02. The van der Waals surface area contributed by atoms with Crippen molar-refractivity contribution < 1.29 is 4.52 Å². The molecule has 0 fully saturated rings. The van der Waals surface area contributed by atoms with Gasteiger partial charge in [0.05, 0.1) is 0 Å². The number of anilines is 1. The van der Waals surface area contributed by atoms with Gasteiger partial charge in [0.1, 0.15) is 5.69 Å². The molecule has 2 rings (SSSR count). The maximum absolute atomic E-state index is 11.0. The van der Waals surface area contributed by atoms with Crippen LogP contribution in [0.25, 0.3) is 11.3 Å². The average molecular weight is 219 g/mol. The first-order valence-electron chi connectivity index (χ1n) is 5.03. The van der Waals surface area contributed by atoms with Gasteiger partial charge in [-0.15, -0.1) is 0 Å². The van der Waals surface area contributed by atoms with E-state index in [0.29, 0.717) is 11.6 Å². The molecule has 0 spiro atoms. The van der Waals surface area contributed by atoms with Crippen LogP contribution in [0.1, 0.15) is 25.3 Å². The summed E-state index contributed by atoms with van der Waals surface area (Å²) in [5.74, 6) is 0.546. The lowest BCUT2D eigenvalue weighted by Crippen LogP contribution is -2.02. The Morgan fingerprint density at radius 2 is 2.19 bits per heavy atom. The van der Waals surface area contributed by atoms with Crippen LogP contribution in [0.4, 0.5) is 5.88 Å². The monoisotopic (exact) mass is 219 g/mol. The first-order chi connectivity index (χ1) is 7.59. The van der Waals surface area contributed by atoms with E-state index in [9.17, 15) is 4.79 Å². The third-order valence-corrected chi connectivity index (χ3v) is 2.39. The molecule has 0 amide bonds. The number of aromatic nitrogens is 2. The first kappa shape index (κ1) is 10.5. The second-order valence-electron chi connectivity index (χ2n) is 3.91. The summed E-state index contributed by atoms with van der Waals surface area (Å²) in [4.78, 5) is 13.5. The van der Waals surface area contributed by atoms with Crippen molar-refractivity contribution >= 4 is 5.88 Å². The van der Waals surface area contributed by atoms with Crippen molar-refractivity contribution in [3.63, 3.8) is 0 Å². The molecule has 5 nitrogen and oxygen atoms in total. The molecule has 0 saturated carbocycles. The minimum atomic E-state index is -0.147. The molecule has 2 heterocycles. The van der Waals surface area contributed by atoms with Gasteiger partial charge in [0.2, 0.25) is 11.4 Å². The fourth-order valence-electron chi connectivity index (χ4n) is 1.63. The van der Waals surface area contributed by atoms with Gasteiger partial charge >= 0.3 is 0 Å². The lowest BCUT2D eigenvalue weighted by molar-refractivity contribution is 0.438. The molecule has 0 aromatic carbocycles. The zero-order valence-corrected chi connectivity index (χ0v) is 9.15. The van der Waals surface area contributed by atoms with Gasteiger partial charge < -0.3 is 15.2 Å². The van der Waals surface area contributed by atoms with Crippen LogP contribution in [0.2, 0.25) is 0 Å². The van der Waals surface area contributed by atoms with E-state index in [0.717, 1.165) is 11.1 Å². The largest absolute Gasteiger partial charge is 0.367 e. The van der Waals surface area contributed by atoms with Gasteiger partial charge in [0.15, 0.2) is 0 Å². The van der Waals surface area contributed by atoms with Crippen LogP contribution in [0.15, 0.2) is 27.6 Å². The van der Waals surface area contributed by atoms with Crippen LogP contribution < -0.4 is 11.3 Å². The molecule has 2 aromatic rings. The van der Waals surface area contributed by atoms with Crippen molar-refractivity contribution in [1.29, 1.82) is 0 Å². The van der Waals surface area contributed by atoms with Crippen LogP contribution >= 0.6 is 0 Å². The van der Waals surface area contributed by atoms with Crippen LogP contribution in [0, 0.1) is 0 Å². The number of hydrogen-bond acceptors (Lipinski definition) is 4.